The van der Waals surface area contributed by atoms with Gasteiger partial charge in [0.25, 0.3) is 11.8 Å². The maximum atomic E-state index is 13.9. The molecule has 2 fully saturated rings. The summed E-state index contributed by atoms with van der Waals surface area (Å²) in [6, 6.07) is 13.4. The highest BCUT2D eigenvalue weighted by molar-refractivity contribution is 6.30. The molecule has 2 heterocycles. The van der Waals surface area contributed by atoms with Crippen LogP contribution in [-0.2, 0) is 9.59 Å². The largest absolute Gasteiger partial charge is 0.480 e. The highest BCUT2D eigenvalue weighted by atomic mass is 35.5. The molecule has 2 aromatic carbocycles. The zero-order chi connectivity index (χ0) is 29.2. The average molecular weight is 566 g/mol. The van der Waals surface area contributed by atoms with Crippen molar-refractivity contribution in [3.05, 3.63) is 64.2 Å². The van der Waals surface area contributed by atoms with Gasteiger partial charge in [0.15, 0.2) is 6.10 Å². The molecule has 3 N–H and O–H groups in total. The molecule has 3 amide bonds. The number of hydrazine groups is 1. The first-order chi connectivity index (χ1) is 18.9. The third-order valence-electron chi connectivity index (χ3n) is 7.72. The predicted molar refractivity (Wildman–Crippen MR) is 151 cm³/mol. The Hall–Kier alpha value is -3.61. The summed E-state index contributed by atoms with van der Waals surface area (Å²) < 4.78 is 5.93. The van der Waals surface area contributed by atoms with Crippen molar-refractivity contribution in [1.29, 1.82) is 5.26 Å². The minimum absolute atomic E-state index is 0.0690. The van der Waals surface area contributed by atoms with Gasteiger partial charge in [0, 0.05) is 23.0 Å². The second-order valence-corrected chi connectivity index (χ2v) is 11.7. The SMILES string of the molecule is Cc1cc(C(=O)N[C@H](C)C(=O)N2[C@H](c3cccc(Cl)c3)CC[C@@H]2C(C)(C)C#N)ccc1OC1CC(C)NNC1=O. The highest BCUT2D eigenvalue weighted by Gasteiger charge is 2.46. The summed E-state index contributed by atoms with van der Waals surface area (Å²) in [6.45, 7) is 9.08. The molecule has 2 aromatic rings. The Morgan fingerprint density at radius 3 is 2.65 bits per heavy atom. The number of carbonyl (C=O) groups excluding carboxylic acids is 3. The van der Waals surface area contributed by atoms with Crippen LogP contribution in [0.5, 0.6) is 5.75 Å². The first kappa shape index (κ1) is 29.4. The number of halogens is 1. The van der Waals surface area contributed by atoms with E-state index in [0.717, 1.165) is 5.56 Å². The number of likely N-dealkylation sites (tertiary alicyclic amines) is 1. The minimum atomic E-state index is -0.833. The molecule has 9 nitrogen and oxygen atoms in total. The van der Waals surface area contributed by atoms with Gasteiger partial charge in [0.1, 0.15) is 11.8 Å². The third kappa shape index (κ3) is 6.24. The molecule has 10 heteroatoms. The van der Waals surface area contributed by atoms with Crippen LogP contribution in [0.2, 0.25) is 5.02 Å². The van der Waals surface area contributed by atoms with E-state index in [0.29, 0.717) is 41.2 Å². The lowest BCUT2D eigenvalue weighted by molar-refractivity contribution is -0.137. The fourth-order valence-electron chi connectivity index (χ4n) is 5.45. The van der Waals surface area contributed by atoms with Crippen molar-refractivity contribution in [2.75, 3.05) is 0 Å². The van der Waals surface area contributed by atoms with Crippen LogP contribution < -0.4 is 20.9 Å². The zero-order valence-corrected chi connectivity index (χ0v) is 24.2. The van der Waals surface area contributed by atoms with Gasteiger partial charge in [-0.25, -0.2) is 5.43 Å². The monoisotopic (exact) mass is 565 g/mol. The van der Waals surface area contributed by atoms with Crippen LogP contribution in [0, 0.1) is 23.7 Å². The predicted octanol–water partition coefficient (Wildman–Crippen LogP) is 4.21. The van der Waals surface area contributed by atoms with E-state index in [-0.39, 0.29) is 29.9 Å². The number of hydrogen-bond acceptors (Lipinski definition) is 6. The van der Waals surface area contributed by atoms with Crippen LogP contribution in [0.15, 0.2) is 42.5 Å². The number of nitrogens with one attached hydrogen (secondary N) is 3. The summed E-state index contributed by atoms with van der Waals surface area (Å²) >= 11 is 6.25. The Morgan fingerprint density at radius 2 is 1.98 bits per heavy atom. The highest BCUT2D eigenvalue weighted by Crippen LogP contribution is 2.43. The van der Waals surface area contributed by atoms with E-state index >= 15 is 0 Å². The molecule has 0 spiro atoms. The summed E-state index contributed by atoms with van der Waals surface area (Å²) in [5.74, 6) is -0.398. The van der Waals surface area contributed by atoms with Crippen LogP contribution in [0.4, 0.5) is 0 Å². The van der Waals surface area contributed by atoms with E-state index in [9.17, 15) is 19.6 Å². The Bertz CT molecular complexity index is 1340. The number of hydrogen-bond donors (Lipinski definition) is 3. The van der Waals surface area contributed by atoms with Gasteiger partial charge in [-0.1, -0.05) is 23.7 Å². The van der Waals surface area contributed by atoms with Crippen molar-refractivity contribution in [2.45, 2.75) is 84.2 Å². The first-order valence-electron chi connectivity index (χ1n) is 13.5. The lowest BCUT2D eigenvalue weighted by atomic mass is 9.84. The minimum Gasteiger partial charge on any atom is -0.480 e. The van der Waals surface area contributed by atoms with E-state index in [1.54, 1.807) is 43.0 Å². The summed E-state index contributed by atoms with van der Waals surface area (Å²) in [5.41, 5.74) is 6.67. The molecule has 0 bridgehead atoms. The van der Waals surface area contributed by atoms with E-state index < -0.39 is 23.5 Å². The van der Waals surface area contributed by atoms with Crippen LogP contribution in [0.25, 0.3) is 0 Å². The molecule has 40 heavy (non-hydrogen) atoms. The quantitative estimate of drug-likeness (QED) is 0.462. The maximum Gasteiger partial charge on any atom is 0.275 e. The van der Waals surface area contributed by atoms with Crippen LogP contribution in [0.3, 0.4) is 0 Å². The topological polar surface area (TPSA) is 124 Å². The molecule has 2 aliphatic heterocycles. The normalized spacial score (nSPS) is 23.6. The van der Waals surface area contributed by atoms with E-state index in [4.69, 9.17) is 16.3 Å². The third-order valence-corrected chi connectivity index (χ3v) is 7.96. The second-order valence-electron chi connectivity index (χ2n) is 11.3. The number of amides is 3. The Balaban J connectivity index is 1.50. The number of aryl methyl sites for hydroxylation is 1. The lowest BCUT2D eigenvalue weighted by Crippen LogP contribution is -2.56. The molecule has 2 saturated heterocycles. The zero-order valence-electron chi connectivity index (χ0n) is 23.5. The number of carbonyl (C=O) groups is 3. The average Bonchev–Trinajstić information content (AvgIpc) is 3.37. The Labute approximate surface area is 240 Å². The van der Waals surface area contributed by atoms with Crippen molar-refractivity contribution in [3.63, 3.8) is 0 Å². The fraction of sp³-hybridized carbons (Fsp3) is 0.467. The van der Waals surface area contributed by atoms with Gasteiger partial charge in [-0.05, 0) is 88.9 Å². The summed E-state index contributed by atoms with van der Waals surface area (Å²) in [4.78, 5) is 40.9. The van der Waals surface area contributed by atoms with Gasteiger partial charge in [-0.3, -0.25) is 19.8 Å². The smallest absolute Gasteiger partial charge is 0.275 e. The molecule has 0 saturated carbocycles. The number of ether oxygens (including phenoxy) is 1. The molecule has 5 atom stereocenters. The van der Waals surface area contributed by atoms with Gasteiger partial charge in [0.05, 0.1) is 23.6 Å². The molecule has 0 aliphatic carbocycles. The van der Waals surface area contributed by atoms with Gasteiger partial charge in [0.2, 0.25) is 5.91 Å². The molecule has 2 unspecified atom stereocenters. The molecule has 0 aromatic heterocycles. The van der Waals surface area contributed by atoms with E-state index in [1.807, 2.05) is 39.0 Å². The van der Waals surface area contributed by atoms with E-state index in [1.165, 1.54) is 0 Å². The summed E-state index contributed by atoms with van der Waals surface area (Å²) in [7, 11) is 0. The van der Waals surface area contributed by atoms with Crippen LogP contribution in [-0.4, -0.2) is 46.9 Å². The molecule has 4 rings (SSSR count). The molecule has 2 aliphatic rings. The van der Waals surface area contributed by atoms with E-state index in [2.05, 4.69) is 22.2 Å². The summed E-state index contributed by atoms with van der Waals surface area (Å²) in [5, 5.41) is 13.3. The van der Waals surface area contributed by atoms with Crippen molar-refractivity contribution in [1.82, 2.24) is 21.1 Å². The Morgan fingerprint density at radius 1 is 1.23 bits per heavy atom. The van der Waals surface area contributed by atoms with Crippen molar-refractivity contribution in [2.24, 2.45) is 5.41 Å². The standard InChI is InChI=1S/C30H36ClN5O4/c1-17-13-21(9-11-24(17)40-25-14-18(2)34-35-28(25)38)27(37)33-19(3)29(39)36-23(20-7-6-8-22(31)15-20)10-12-26(36)30(4,5)16-32/h6-9,11,13,15,18-19,23,25-26,34H,10,12,14H2,1-5H3,(H,33,37)(H,35,38)/t18?,19-,23+,25?,26-/m1/s1. The molecular weight excluding hydrogens is 530 g/mol. The van der Waals surface area contributed by atoms with Crippen LogP contribution >= 0.6 is 11.6 Å². The van der Waals surface area contributed by atoms with Crippen molar-refractivity contribution in [3.8, 4) is 11.8 Å². The number of benzene rings is 2. The maximum absolute atomic E-state index is 13.9. The lowest BCUT2D eigenvalue weighted by Gasteiger charge is -2.38. The van der Waals surface area contributed by atoms with Gasteiger partial charge in [-0.15, -0.1) is 0 Å². The fourth-order valence-corrected chi connectivity index (χ4v) is 5.65. The molecule has 212 valence electrons. The Kier molecular flexibility index (Phi) is 8.71. The first-order valence-corrected chi connectivity index (χ1v) is 13.9. The number of nitriles is 1. The second kappa shape index (κ2) is 11.9. The number of rotatable bonds is 7. The number of nitrogens with zero attached hydrogens (tertiary/aromatic N) is 2. The van der Waals surface area contributed by atoms with Gasteiger partial charge < -0.3 is 15.0 Å². The van der Waals surface area contributed by atoms with Crippen LogP contribution in [0.1, 0.15) is 74.5 Å². The van der Waals surface area contributed by atoms with Crippen molar-refractivity contribution < 1.29 is 19.1 Å². The molecule has 0 radical (unpaired) electrons. The summed E-state index contributed by atoms with van der Waals surface area (Å²) in [6.07, 6.45) is 1.24. The van der Waals surface area contributed by atoms with Crippen molar-refractivity contribution >= 4 is 29.3 Å². The van der Waals surface area contributed by atoms with Gasteiger partial charge >= 0.3 is 0 Å². The van der Waals surface area contributed by atoms with Gasteiger partial charge in [-0.2, -0.15) is 5.26 Å². The molecular formula is C30H36ClN5O4.